The molecule has 0 aliphatic heterocycles. The first kappa shape index (κ1) is 16.2. The van der Waals surface area contributed by atoms with Crippen molar-refractivity contribution in [1.82, 2.24) is 15.5 Å². The van der Waals surface area contributed by atoms with Crippen LogP contribution in [0.15, 0.2) is 0 Å². The lowest BCUT2D eigenvalue weighted by atomic mass is 10.0. The molecule has 0 heterocycles. The minimum Gasteiger partial charge on any atom is -0.481 e. The number of carbonyl (C=O) groups excluding carboxylic acids is 2. The molecule has 0 rings (SSSR count). The van der Waals surface area contributed by atoms with Crippen LogP contribution in [0.25, 0.3) is 0 Å². The van der Waals surface area contributed by atoms with Crippen molar-refractivity contribution in [1.29, 1.82) is 0 Å². The minimum atomic E-state index is -0.967. The van der Waals surface area contributed by atoms with Gasteiger partial charge in [0, 0.05) is 33.1 Å². The van der Waals surface area contributed by atoms with Gasteiger partial charge in [0.2, 0.25) is 5.91 Å². The molecule has 0 spiro atoms. The fourth-order valence-electron chi connectivity index (χ4n) is 1.10. The number of hydrogen-bond donors (Lipinski definition) is 3. The smallest absolute Gasteiger partial charge is 0.315 e. The molecular formula is C11H21N3O4. The molecule has 0 saturated carbocycles. The van der Waals surface area contributed by atoms with Crippen LogP contribution in [0, 0.1) is 5.92 Å². The number of carbonyl (C=O) groups is 3. The molecule has 0 radical (unpaired) electrons. The van der Waals surface area contributed by atoms with E-state index in [9.17, 15) is 14.4 Å². The van der Waals surface area contributed by atoms with Gasteiger partial charge in [-0.2, -0.15) is 0 Å². The molecule has 7 nitrogen and oxygen atoms in total. The third-order valence-electron chi connectivity index (χ3n) is 2.62. The zero-order valence-corrected chi connectivity index (χ0v) is 11.2. The van der Waals surface area contributed by atoms with Gasteiger partial charge in [-0.1, -0.05) is 0 Å². The Kier molecular flexibility index (Phi) is 6.77. The van der Waals surface area contributed by atoms with Gasteiger partial charge in [0.05, 0.1) is 5.92 Å². The topological polar surface area (TPSA) is 98.7 Å². The quantitative estimate of drug-likeness (QED) is 0.619. The van der Waals surface area contributed by atoms with E-state index in [2.05, 4.69) is 10.6 Å². The average Bonchev–Trinajstić information content (AvgIpc) is 2.27. The number of carboxylic acid groups (broad SMARTS) is 1. The highest BCUT2D eigenvalue weighted by atomic mass is 16.4. The molecular weight excluding hydrogens is 238 g/mol. The van der Waals surface area contributed by atoms with Crippen LogP contribution in [0.2, 0.25) is 0 Å². The Hall–Kier alpha value is -1.79. The Bertz CT molecular complexity index is 317. The zero-order chi connectivity index (χ0) is 14.3. The molecule has 18 heavy (non-hydrogen) atoms. The molecule has 0 aliphatic carbocycles. The lowest BCUT2D eigenvalue weighted by Gasteiger charge is -2.18. The normalized spacial score (nSPS) is 13.3. The van der Waals surface area contributed by atoms with Crippen molar-refractivity contribution in [3.05, 3.63) is 0 Å². The summed E-state index contributed by atoms with van der Waals surface area (Å²) < 4.78 is 0. The van der Waals surface area contributed by atoms with Crippen molar-refractivity contribution in [2.24, 2.45) is 5.92 Å². The van der Waals surface area contributed by atoms with E-state index in [1.807, 2.05) is 0 Å². The summed E-state index contributed by atoms with van der Waals surface area (Å²) in [5.74, 6) is -1.72. The number of amides is 3. The number of nitrogens with one attached hydrogen (secondary N) is 2. The summed E-state index contributed by atoms with van der Waals surface area (Å²) in [5, 5.41) is 13.8. The highest BCUT2D eigenvalue weighted by Gasteiger charge is 2.20. The number of urea groups is 1. The molecule has 0 aromatic carbocycles. The van der Waals surface area contributed by atoms with Crippen LogP contribution in [0.3, 0.4) is 0 Å². The summed E-state index contributed by atoms with van der Waals surface area (Å²) in [6.45, 7) is 3.35. The molecule has 0 aromatic rings. The number of carboxylic acids is 1. The summed E-state index contributed by atoms with van der Waals surface area (Å²) in [6.07, 6.45) is 0.212. The van der Waals surface area contributed by atoms with E-state index in [0.717, 1.165) is 0 Å². The number of rotatable bonds is 6. The van der Waals surface area contributed by atoms with Crippen molar-refractivity contribution in [2.45, 2.75) is 26.3 Å². The van der Waals surface area contributed by atoms with Crippen molar-refractivity contribution in [3.63, 3.8) is 0 Å². The number of hydrogen-bond acceptors (Lipinski definition) is 3. The third-order valence-corrected chi connectivity index (χ3v) is 2.62. The van der Waals surface area contributed by atoms with Gasteiger partial charge in [-0.15, -0.1) is 0 Å². The molecule has 0 bridgehead atoms. The van der Waals surface area contributed by atoms with Gasteiger partial charge in [0.15, 0.2) is 0 Å². The summed E-state index contributed by atoms with van der Waals surface area (Å²) in [6, 6.07) is -0.950. The van der Waals surface area contributed by atoms with Crippen LogP contribution in [0.4, 0.5) is 4.79 Å². The first-order chi connectivity index (χ1) is 8.25. The molecule has 3 amide bonds. The maximum absolute atomic E-state index is 11.4. The Morgan fingerprint density at radius 1 is 1.22 bits per heavy atom. The van der Waals surface area contributed by atoms with Crippen molar-refractivity contribution in [2.75, 3.05) is 20.6 Å². The fraction of sp³-hybridized carbons (Fsp3) is 0.727. The Labute approximate surface area is 107 Å². The second-order valence-corrected chi connectivity index (χ2v) is 4.35. The molecule has 3 N–H and O–H groups in total. The summed E-state index contributed by atoms with van der Waals surface area (Å²) >= 11 is 0. The second kappa shape index (κ2) is 7.52. The number of nitrogens with zero attached hydrogens (tertiary/aromatic N) is 1. The van der Waals surface area contributed by atoms with E-state index in [4.69, 9.17) is 5.11 Å². The maximum Gasteiger partial charge on any atom is 0.315 e. The summed E-state index contributed by atoms with van der Waals surface area (Å²) in [7, 11) is 3.28. The molecule has 0 aliphatic rings. The first-order valence-electron chi connectivity index (χ1n) is 5.73. The van der Waals surface area contributed by atoms with E-state index < -0.39 is 24.0 Å². The van der Waals surface area contributed by atoms with Gasteiger partial charge in [-0.25, -0.2) is 4.79 Å². The van der Waals surface area contributed by atoms with Crippen LogP contribution in [-0.2, 0) is 9.59 Å². The molecule has 104 valence electrons. The lowest BCUT2D eigenvalue weighted by Crippen LogP contribution is -2.45. The van der Waals surface area contributed by atoms with E-state index in [0.29, 0.717) is 0 Å². The third kappa shape index (κ3) is 6.07. The van der Waals surface area contributed by atoms with E-state index in [-0.39, 0.29) is 18.9 Å². The monoisotopic (exact) mass is 259 g/mol. The van der Waals surface area contributed by atoms with Gasteiger partial charge >= 0.3 is 12.0 Å². The summed E-state index contributed by atoms with van der Waals surface area (Å²) in [5.41, 5.74) is 0. The van der Waals surface area contributed by atoms with Gasteiger partial charge in [-0.05, 0) is 13.8 Å². The van der Waals surface area contributed by atoms with Crippen LogP contribution < -0.4 is 10.6 Å². The van der Waals surface area contributed by atoms with Crippen LogP contribution in [-0.4, -0.2) is 54.6 Å². The van der Waals surface area contributed by atoms with Crippen molar-refractivity contribution in [3.8, 4) is 0 Å². The summed E-state index contributed by atoms with van der Waals surface area (Å²) in [4.78, 5) is 34.7. The molecule has 0 saturated heterocycles. The molecule has 0 aromatic heterocycles. The van der Waals surface area contributed by atoms with Crippen LogP contribution >= 0.6 is 0 Å². The van der Waals surface area contributed by atoms with E-state index in [1.165, 1.54) is 11.8 Å². The van der Waals surface area contributed by atoms with Gasteiger partial charge in [0.25, 0.3) is 0 Å². The average molecular weight is 259 g/mol. The first-order valence-corrected chi connectivity index (χ1v) is 5.73. The molecule has 7 heteroatoms. The maximum atomic E-state index is 11.4. The molecule has 2 unspecified atom stereocenters. The highest BCUT2D eigenvalue weighted by molar-refractivity contribution is 5.78. The predicted molar refractivity (Wildman–Crippen MR) is 66.1 cm³/mol. The van der Waals surface area contributed by atoms with Crippen LogP contribution in [0.1, 0.15) is 20.3 Å². The van der Waals surface area contributed by atoms with Gasteiger partial charge < -0.3 is 20.6 Å². The van der Waals surface area contributed by atoms with Gasteiger partial charge in [0.1, 0.15) is 0 Å². The molecule has 2 atom stereocenters. The SMILES string of the molecule is CC(NC(=O)NCCC(=O)N(C)C)C(C)C(=O)O. The predicted octanol–water partition coefficient (Wildman–Crippen LogP) is -0.127. The van der Waals surface area contributed by atoms with Crippen molar-refractivity contribution < 1.29 is 19.5 Å². The van der Waals surface area contributed by atoms with Gasteiger partial charge in [-0.3, -0.25) is 9.59 Å². The Morgan fingerprint density at radius 3 is 2.22 bits per heavy atom. The lowest BCUT2D eigenvalue weighted by molar-refractivity contribution is -0.141. The number of aliphatic carboxylic acids is 1. The Balaban J connectivity index is 3.91. The standard InChI is InChI=1S/C11H21N3O4/c1-7(10(16)17)8(2)13-11(18)12-6-5-9(15)14(3)4/h7-8H,5-6H2,1-4H3,(H,16,17)(H2,12,13,18). The zero-order valence-electron chi connectivity index (χ0n) is 11.2. The van der Waals surface area contributed by atoms with E-state index in [1.54, 1.807) is 21.0 Å². The minimum absolute atomic E-state index is 0.0812. The van der Waals surface area contributed by atoms with E-state index >= 15 is 0 Å². The largest absolute Gasteiger partial charge is 0.481 e. The fourth-order valence-corrected chi connectivity index (χ4v) is 1.10. The Morgan fingerprint density at radius 2 is 1.78 bits per heavy atom. The second-order valence-electron chi connectivity index (χ2n) is 4.35. The molecule has 0 fully saturated rings. The highest BCUT2D eigenvalue weighted by Crippen LogP contribution is 2.01. The van der Waals surface area contributed by atoms with Crippen molar-refractivity contribution >= 4 is 17.9 Å². The van der Waals surface area contributed by atoms with Crippen LogP contribution in [0.5, 0.6) is 0 Å².